The molecule has 0 aliphatic rings. The predicted octanol–water partition coefficient (Wildman–Crippen LogP) is 1.76. The first-order valence-electron chi connectivity index (χ1n) is 7.23. The highest BCUT2D eigenvalue weighted by molar-refractivity contribution is 5.66. The number of anilines is 2. The summed E-state index contributed by atoms with van der Waals surface area (Å²) in [5.74, 6) is 1.72. The van der Waals surface area contributed by atoms with E-state index in [1.54, 1.807) is 6.20 Å². The summed E-state index contributed by atoms with van der Waals surface area (Å²) >= 11 is 0. The van der Waals surface area contributed by atoms with Gasteiger partial charge in [0, 0.05) is 38.6 Å². The molecule has 0 spiro atoms. The first-order valence-corrected chi connectivity index (χ1v) is 7.23. The molecule has 6 nitrogen and oxygen atoms in total. The lowest BCUT2D eigenvalue weighted by Crippen LogP contribution is -2.26. The molecule has 6 heteroatoms. The maximum absolute atomic E-state index is 9.02. The van der Waals surface area contributed by atoms with E-state index in [2.05, 4.69) is 34.0 Å². The van der Waals surface area contributed by atoms with Crippen molar-refractivity contribution in [1.82, 2.24) is 14.4 Å². The number of fused-ring (bicyclic) bond motifs is 1. The first-order chi connectivity index (χ1) is 9.80. The van der Waals surface area contributed by atoms with E-state index in [9.17, 15) is 0 Å². The van der Waals surface area contributed by atoms with Crippen LogP contribution < -0.4 is 10.2 Å². The molecule has 20 heavy (non-hydrogen) atoms. The topological polar surface area (TPSA) is 65.7 Å². The van der Waals surface area contributed by atoms with Crippen molar-refractivity contribution in [2.75, 3.05) is 36.5 Å². The molecule has 0 saturated heterocycles. The molecule has 0 saturated carbocycles. The minimum absolute atomic E-state index is 0.189. The van der Waals surface area contributed by atoms with Gasteiger partial charge in [-0.15, -0.1) is 0 Å². The average Bonchev–Trinajstić information content (AvgIpc) is 2.94. The fourth-order valence-corrected chi connectivity index (χ4v) is 2.14. The van der Waals surface area contributed by atoms with E-state index in [4.69, 9.17) is 5.11 Å². The molecular formula is C14H23N5O. The highest BCUT2D eigenvalue weighted by Gasteiger charge is 2.13. The minimum atomic E-state index is 0.189. The van der Waals surface area contributed by atoms with Crippen molar-refractivity contribution in [2.24, 2.45) is 0 Å². The van der Waals surface area contributed by atoms with Gasteiger partial charge in [0.05, 0.1) is 6.20 Å². The lowest BCUT2D eigenvalue weighted by molar-refractivity contribution is 0.289. The van der Waals surface area contributed by atoms with Crippen LogP contribution in [0.3, 0.4) is 0 Å². The summed E-state index contributed by atoms with van der Waals surface area (Å²) in [6.45, 7) is 6.92. The van der Waals surface area contributed by atoms with Crippen LogP contribution in [-0.4, -0.2) is 45.7 Å². The van der Waals surface area contributed by atoms with Gasteiger partial charge in [0.25, 0.3) is 0 Å². The molecule has 0 amide bonds. The number of hydrogen-bond acceptors (Lipinski definition) is 5. The molecular weight excluding hydrogens is 254 g/mol. The van der Waals surface area contributed by atoms with Crippen LogP contribution in [0.1, 0.15) is 26.7 Å². The fraction of sp³-hybridized carbons (Fsp3) is 0.571. The zero-order chi connectivity index (χ0) is 14.4. The predicted molar refractivity (Wildman–Crippen MR) is 81.4 cm³/mol. The second-order valence-corrected chi connectivity index (χ2v) is 4.69. The lowest BCUT2D eigenvalue weighted by Gasteiger charge is -2.22. The highest BCUT2D eigenvalue weighted by atomic mass is 16.3. The van der Waals surface area contributed by atoms with E-state index in [0.717, 1.165) is 49.8 Å². The molecule has 2 aromatic rings. The molecule has 0 unspecified atom stereocenters. The summed E-state index contributed by atoms with van der Waals surface area (Å²) in [5.41, 5.74) is 0.854. The van der Waals surface area contributed by atoms with Gasteiger partial charge in [-0.25, -0.2) is 9.97 Å². The van der Waals surface area contributed by atoms with Crippen LogP contribution in [0.5, 0.6) is 0 Å². The SMILES string of the molecule is CCCNc1cn2ccnc2c(N(CC)CCCO)n1. The van der Waals surface area contributed by atoms with E-state index in [1.165, 1.54) is 0 Å². The second kappa shape index (κ2) is 7.09. The maximum Gasteiger partial charge on any atom is 0.180 e. The molecule has 2 rings (SSSR count). The average molecular weight is 277 g/mol. The summed E-state index contributed by atoms with van der Waals surface area (Å²) in [4.78, 5) is 11.2. The van der Waals surface area contributed by atoms with Crippen LogP contribution in [0.2, 0.25) is 0 Å². The summed E-state index contributed by atoms with van der Waals surface area (Å²) in [7, 11) is 0. The quantitative estimate of drug-likeness (QED) is 0.769. The van der Waals surface area contributed by atoms with E-state index in [1.807, 2.05) is 16.8 Å². The molecule has 110 valence electrons. The van der Waals surface area contributed by atoms with Crippen molar-refractivity contribution in [3.8, 4) is 0 Å². The van der Waals surface area contributed by atoms with Crippen LogP contribution >= 0.6 is 0 Å². The molecule has 2 heterocycles. The zero-order valence-electron chi connectivity index (χ0n) is 12.2. The largest absolute Gasteiger partial charge is 0.396 e. The fourth-order valence-electron chi connectivity index (χ4n) is 2.14. The summed E-state index contributed by atoms with van der Waals surface area (Å²) in [5, 5.41) is 12.3. The van der Waals surface area contributed by atoms with Crippen molar-refractivity contribution in [3.05, 3.63) is 18.6 Å². The summed E-state index contributed by atoms with van der Waals surface area (Å²) in [6, 6.07) is 0. The molecule has 0 aliphatic carbocycles. The Hall–Kier alpha value is -1.82. The Morgan fingerprint density at radius 2 is 2.25 bits per heavy atom. The van der Waals surface area contributed by atoms with Crippen LogP contribution in [0, 0.1) is 0 Å². The molecule has 0 aromatic carbocycles. The Morgan fingerprint density at radius 3 is 2.95 bits per heavy atom. The Kier molecular flexibility index (Phi) is 5.17. The van der Waals surface area contributed by atoms with Crippen LogP contribution in [0.15, 0.2) is 18.6 Å². The second-order valence-electron chi connectivity index (χ2n) is 4.69. The van der Waals surface area contributed by atoms with Gasteiger partial charge < -0.3 is 19.7 Å². The molecule has 0 aliphatic heterocycles. The number of aromatic nitrogens is 3. The van der Waals surface area contributed by atoms with Crippen molar-refractivity contribution in [1.29, 1.82) is 0 Å². The number of nitrogens with zero attached hydrogens (tertiary/aromatic N) is 4. The van der Waals surface area contributed by atoms with E-state index in [0.29, 0.717) is 0 Å². The van der Waals surface area contributed by atoms with Crippen molar-refractivity contribution in [3.63, 3.8) is 0 Å². The Labute approximate surface area is 119 Å². The first kappa shape index (κ1) is 14.6. The van der Waals surface area contributed by atoms with Gasteiger partial charge >= 0.3 is 0 Å². The van der Waals surface area contributed by atoms with Gasteiger partial charge in [0.15, 0.2) is 11.5 Å². The van der Waals surface area contributed by atoms with Gasteiger partial charge in [0.2, 0.25) is 0 Å². The Morgan fingerprint density at radius 1 is 1.40 bits per heavy atom. The number of nitrogens with one attached hydrogen (secondary N) is 1. The van der Waals surface area contributed by atoms with Gasteiger partial charge in [-0.3, -0.25) is 0 Å². The minimum Gasteiger partial charge on any atom is -0.396 e. The van der Waals surface area contributed by atoms with Gasteiger partial charge in [-0.05, 0) is 19.8 Å². The Bertz CT molecular complexity index is 539. The maximum atomic E-state index is 9.02. The van der Waals surface area contributed by atoms with Crippen LogP contribution in [0.25, 0.3) is 5.65 Å². The number of rotatable bonds is 8. The normalized spacial score (nSPS) is 10.9. The molecule has 2 N–H and O–H groups in total. The van der Waals surface area contributed by atoms with Crippen molar-refractivity contribution < 1.29 is 5.11 Å². The third kappa shape index (κ3) is 3.19. The third-order valence-electron chi connectivity index (χ3n) is 3.18. The monoisotopic (exact) mass is 277 g/mol. The number of aliphatic hydroxyl groups excluding tert-OH is 1. The van der Waals surface area contributed by atoms with Crippen LogP contribution in [0.4, 0.5) is 11.6 Å². The number of hydrogen-bond donors (Lipinski definition) is 2. The zero-order valence-corrected chi connectivity index (χ0v) is 12.2. The lowest BCUT2D eigenvalue weighted by atomic mass is 10.3. The molecule has 0 atom stereocenters. The third-order valence-corrected chi connectivity index (χ3v) is 3.18. The highest BCUT2D eigenvalue weighted by Crippen LogP contribution is 2.20. The van der Waals surface area contributed by atoms with Gasteiger partial charge in [-0.2, -0.15) is 0 Å². The van der Waals surface area contributed by atoms with E-state index < -0.39 is 0 Å². The molecule has 0 radical (unpaired) electrons. The van der Waals surface area contributed by atoms with Crippen molar-refractivity contribution >= 4 is 17.3 Å². The molecule has 0 bridgehead atoms. The molecule has 2 aromatic heterocycles. The van der Waals surface area contributed by atoms with Crippen molar-refractivity contribution in [2.45, 2.75) is 26.7 Å². The summed E-state index contributed by atoms with van der Waals surface area (Å²) < 4.78 is 1.99. The van der Waals surface area contributed by atoms with E-state index >= 15 is 0 Å². The van der Waals surface area contributed by atoms with Crippen LogP contribution in [-0.2, 0) is 0 Å². The summed E-state index contributed by atoms with van der Waals surface area (Å²) in [6.07, 6.45) is 7.46. The van der Waals surface area contributed by atoms with E-state index in [-0.39, 0.29) is 6.61 Å². The molecule has 0 fully saturated rings. The number of aliphatic hydroxyl groups is 1. The smallest absolute Gasteiger partial charge is 0.180 e. The van der Waals surface area contributed by atoms with Gasteiger partial charge in [0.1, 0.15) is 5.82 Å². The van der Waals surface area contributed by atoms with Gasteiger partial charge in [-0.1, -0.05) is 6.92 Å². The number of imidazole rings is 1. The Balaban J connectivity index is 2.34. The standard InChI is InChI=1S/C14H23N5O/c1-3-6-15-12-11-19-9-7-16-13(19)14(17-12)18(4-2)8-5-10-20/h7,9,11,15,20H,3-6,8,10H2,1-2H3.